The van der Waals surface area contributed by atoms with E-state index < -0.39 is 0 Å². The van der Waals surface area contributed by atoms with Gasteiger partial charge in [-0.1, -0.05) is 6.92 Å². The summed E-state index contributed by atoms with van der Waals surface area (Å²) in [5, 5.41) is 2.94. The smallest absolute Gasteiger partial charge is 0.268 e. The van der Waals surface area contributed by atoms with Gasteiger partial charge >= 0.3 is 0 Å². The van der Waals surface area contributed by atoms with Crippen molar-refractivity contribution in [2.45, 2.75) is 32.9 Å². The molecule has 0 fully saturated rings. The topological polar surface area (TPSA) is 62.7 Å². The SMILES string of the molecule is CCCn1cc(Br)cc1C(=O)NC(C)c1ncc[nH]1. The lowest BCUT2D eigenvalue weighted by Gasteiger charge is -2.13. The quantitative estimate of drug-likeness (QED) is 0.888. The van der Waals surface area contributed by atoms with E-state index in [-0.39, 0.29) is 11.9 Å². The number of aromatic nitrogens is 3. The molecule has 0 radical (unpaired) electrons. The number of imidazole rings is 1. The number of hydrogen-bond donors (Lipinski definition) is 2. The number of carbonyl (C=O) groups is 1. The van der Waals surface area contributed by atoms with Crippen LogP contribution in [-0.2, 0) is 6.54 Å². The summed E-state index contributed by atoms with van der Waals surface area (Å²) in [6.45, 7) is 4.81. The fourth-order valence-electron chi connectivity index (χ4n) is 1.94. The Labute approximate surface area is 120 Å². The molecule has 1 amide bonds. The van der Waals surface area contributed by atoms with Gasteiger partial charge in [-0.3, -0.25) is 4.79 Å². The van der Waals surface area contributed by atoms with Gasteiger partial charge in [-0.05, 0) is 35.3 Å². The zero-order valence-electron chi connectivity index (χ0n) is 11.0. The average molecular weight is 325 g/mol. The minimum Gasteiger partial charge on any atom is -0.347 e. The summed E-state index contributed by atoms with van der Waals surface area (Å²) < 4.78 is 2.87. The zero-order chi connectivity index (χ0) is 13.8. The fourth-order valence-corrected chi connectivity index (χ4v) is 2.41. The zero-order valence-corrected chi connectivity index (χ0v) is 12.6. The van der Waals surface area contributed by atoms with E-state index in [1.165, 1.54) is 0 Å². The first-order valence-corrected chi connectivity index (χ1v) is 7.07. The summed E-state index contributed by atoms with van der Waals surface area (Å²) in [4.78, 5) is 19.4. The molecule has 0 bridgehead atoms. The van der Waals surface area contributed by atoms with Gasteiger partial charge in [0.15, 0.2) is 0 Å². The van der Waals surface area contributed by atoms with Crippen LogP contribution in [-0.4, -0.2) is 20.4 Å². The molecule has 19 heavy (non-hydrogen) atoms. The van der Waals surface area contributed by atoms with Crippen molar-refractivity contribution in [2.24, 2.45) is 0 Å². The highest BCUT2D eigenvalue weighted by molar-refractivity contribution is 9.10. The van der Waals surface area contributed by atoms with Gasteiger partial charge in [0.1, 0.15) is 11.5 Å². The molecule has 0 aromatic carbocycles. The highest BCUT2D eigenvalue weighted by Gasteiger charge is 2.16. The Balaban J connectivity index is 2.11. The minimum absolute atomic E-state index is 0.0944. The maximum Gasteiger partial charge on any atom is 0.268 e. The van der Waals surface area contributed by atoms with E-state index in [0.717, 1.165) is 23.3 Å². The van der Waals surface area contributed by atoms with Crippen LogP contribution >= 0.6 is 15.9 Å². The van der Waals surface area contributed by atoms with E-state index in [2.05, 4.69) is 38.1 Å². The number of aryl methyl sites for hydroxylation is 1. The highest BCUT2D eigenvalue weighted by Crippen LogP contribution is 2.16. The predicted molar refractivity (Wildman–Crippen MR) is 76.9 cm³/mol. The number of nitrogens with zero attached hydrogens (tertiary/aromatic N) is 2. The van der Waals surface area contributed by atoms with Gasteiger partial charge < -0.3 is 14.9 Å². The average Bonchev–Trinajstić information content (AvgIpc) is 2.99. The van der Waals surface area contributed by atoms with Crippen molar-refractivity contribution in [2.75, 3.05) is 0 Å². The molecular weight excluding hydrogens is 308 g/mol. The summed E-state index contributed by atoms with van der Waals surface area (Å²) in [6, 6.07) is 1.69. The maximum absolute atomic E-state index is 12.3. The van der Waals surface area contributed by atoms with Crippen molar-refractivity contribution in [1.29, 1.82) is 0 Å². The van der Waals surface area contributed by atoms with Crippen molar-refractivity contribution in [3.63, 3.8) is 0 Å². The number of H-pyrrole nitrogens is 1. The Kier molecular flexibility index (Phi) is 4.42. The Morgan fingerprint density at radius 3 is 3.05 bits per heavy atom. The third-order valence-corrected chi connectivity index (χ3v) is 3.27. The molecule has 0 aliphatic heterocycles. The number of hydrogen-bond acceptors (Lipinski definition) is 2. The number of nitrogens with one attached hydrogen (secondary N) is 2. The lowest BCUT2D eigenvalue weighted by Crippen LogP contribution is -2.29. The summed E-state index contributed by atoms with van der Waals surface area (Å²) >= 11 is 3.41. The van der Waals surface area contributed by atoms with Crippen molar-refractivity contribution >= 4 is 21.8 Å². The molecule has 1 atom stereocenters. The van der Waals surface area contributed by atoms with Crippen LogP contribution < -0.4 is 5.32 Å². The molecule has 2 aromatic heterocycles. The van der Waals surface area contributed by atoms with Gasteiger partial charge in [0.25, 0.3) is 5.91 Å². The van der Waals surface area contributed by atoms with Gasteiger partial charge in [-0.15, -0.1) is 0 Å². The lowest BCUT2D eigenvalue weighted by molar-refractivity contribution is 0.0929. The first-order valence-electron chi connectivity index (χ1n) is 6.27. The van der Waals surface area contributed by atoms with Crippen LogP contribution in [0.5, 0.6) is 0 Å². The van der Waals surface area contributed by atoms with Crippen molar-refractivity contribution < 1.29 is 4.79 Å². The Morgan fingerprint density at radius 1 is 1.63 bits per heavy atom. The molecule has 0 aliphatic rings. The second-order valence-corrected chi connectivity index (χ2v) is 5.32. The first-order chi connectivity index (χ1) is 9.11. The predicted octanol–water partition coefficient (Wildman–Crippen LogP) is 2.87. The van der Waals surface area contributed by atoms with Crippen molar-refractivity contribution in [1.82, 2.24) is 19.9 Å². The summed E-state index contributed by atoms with van der Waals surface area (Å²) in [5.74, 6) is 0.657. The first kappa shape index (κ1) is 13.9. The van der Waals surface area contributed by atoms with E-state index in [1.54, 1.807) is 12.4 Å². The van der Waals surface area contributed by atoms with E-state index in [0.29, 0.717) is 5.69 Å². The monoisotopic (exact) mass is 324 g/mol. The Hall–Kier alpha value is -1.56. The molecule has 0 saturated carbocycles. The van der Waals surface area contributed by atoms with Gasteiger partial charge in [0.2, 0.25) is 0 Å². The van der Waals surface area contributed by atoms with E-state index >= 15 is 0 Å². The fraction of sp³-hybridized carbons (Fsp3) is 0.385. The number of rotatable bonds is 5. The molecule has 2 rings (SSSR count). The van der Waals surface area contributed by atoms with Crippen LogP contribution in [0.3, 0.4) is 0 Å². The van der Waals surface area contributed by atoms with Crippen LogP contribution in [0.2, 0.25) is 0 Å². The van der Waals surface area contributed by atoms with E-state index in [9.17, 15) is 4.79 Å². The molecule has 2 aromatic rings. The molecule has 0 saturated heterocycles. The highest BCUT2D eigenvalue weighted by atomic mass is 79.9. The van der Waals surface area contributed by atoms with Gasteiger partial charge in [-0.2, -0.15) is 0 Å². The normalized spacial score (nSPS) is 12.4. The molecule has 102 valence electrons. The molecule has 0 aliphatic carbocycles. The number of carbonyl (C=O) groups excluding carboxylic acids is 1. The number of amides is 1. The second kappa shape index (κ2) is 6.06. The molecular formula is C13H17BrN4O. The minimum atomic E-state index is -0.147. The van der Waals surface area contributed by atoms with E-state index in [4.69, 9.17) is 0 Å². The third kappa shape index (κ3) is 3.26. The van der Waals surface area contributed by atoms with Crippen LogP contribution in [0.25, 0.3) is 0 Å². The summed E-state index contributed by atoms with van der Waals surface area (Å²) in [7, 11) is 0. The van der Waals surface area contributed by atoms with Crippen molar-refractivity contribution in [3.05, 3.63) is 40.6 Å². The number of halogens is 1. The van der Waals surface area contributed by atoms with Crippen molar-refractivity contribution in [3.8, 4) is 0 Å². The molecule has 6 heteroatoms. The second-order valence-electron chi connectivity index (χ2n) is 4.41. The Morgan fingerprint density at radius 2 is 2.42 bits per heavy atom. The lowest BCUT2D eigenvalue weighted by atomic mass is 10.3. The molecule has 2 heterocycles. The van der Waals surface area contributed by atoms with Crippen LogP contribution in [0.1, 0.15) is 42.6 Å². The summed E-state index contributed by atoms with van der Waals surface area (Å²) in [5.41, 5.74) is 0.659. The molecule has 5 nitrogen and oxygen atoms in total. The van der Waals surface area contributed by atoms with Gasteiger partial charge in [0, 0.05) is 29.6 Å². The van der Waals surface area contributed by atoms with Crippen LogP contribution in [0.15, 0.2) is 29.1 Å². The van der Waals surface area contributed by atoms with Crippen LogP contribution in [0, 0.1) is 0 Å². The molecule has 1 unspecified atom stereocenters. The van der Waals surface area contributed by atoms with Gasteiger partial charge in [0.05, 0.1) is 6.04 Å². The number of aromatic amines is 1. The maximum atomic E-state index is 12.3. The third-order valence-electron chi connectivity index (χ3n) is 2.84. The summed E-state index contributed by atoms with van der Waals surface area (Å²) in [6.07, 6.45) is 6.33. The van der Waals surface area contributed by atoms with E-state index in [1.807, 2.05) is 23.8 Å². The standard InChI is InChI=1S/C13H17BrN4O/c1-3-6-18-8-10(14)7-11(18)13(19)17-9(2)12-15-4-5-16-12/h4-5,7-9H,3,6H2,1-2H3,(H,15,16)(H,17,19). The molecule has 0 spiro atoms. The Bertz CT molecular complexity index is 547. The largest absolute Gasteiger partial charge is 0.347 e. The van der Waals surface area contributed by atoms with Crippen LogP contribution in [0.4, 0.5) is 0 Å². The van der Waals surface area contributed by atoms with Gasteiger partial charge in [-0.25, -0.2) is 4.98 Å². The molecule has 2 N–H and O–H groups in total.